The van der Waals surface area contributed by atoms with Crippen LogP contribution in [0.4, 0.5) is 11.8 Å². The van der Waals surface area contributed by atoms with Crippen LogP contribution < -0.4 is 16.2 Å². The molecule has 6 rings (SSSR count). The maximum absolute atomic E-state index is 13.6. The van der Waals surface area contributed by atoms with Crippen molar-refractivity contribution in [2.75, 3.05) is 17.2 Å². The van der Waals surface area contributed by atoms with Gasteiger partial charge in [0.1, 0.15) is 11.3 Å². The zero-order chi connectivity index (χ0) is 22.7. The van der Waals surface area contributed by atoms with Gasteiger partial charge in [-0.2, -0.15) is 23.6 Å². The number of nitrogens with two attached hydrogens (primary N) is 1. The van der Waals surface area contributed by atoms with Crippen molar-refractivity contribution in [3.05, 3.63) is 75.1 Å². The number of benzene rings is 1. The first-order valence-corrected chi connectivity index (χ1v) is 11.2. The summed E-state index contributed by atoms with van der Waals surface area (Å²) in [5, 5.41) is 5.12. The van der Waals surface area contributed by atoms with Crippen molar-refractivity contribution >= 4 is 48.2 Å². The first-order chi connectivity index (χ1) is 16.0. The lowest BCUT2D eigenvalue weighted by molar-refractivity contribution is 0.0971. The number of hydrogen-bond donors (Lipinski definition) is 1. The predicted molar refractivity (Wildman–Crippen MR) is 135 cm³/mol. The van der Waals surface area contributed by atoms with Crippen LogP contribution in [-0.4, -0.2) is 36.5 Å². The number of halogens is 1. The number of para-hydroxylation sites is 1. The van der Waals surface area contributed by atoms with Gasteiger partial charge in [0.15, 0.2) is 11.6 Å². The molecule has 1 saturated heterocycles. The van der Waals surface area contributed by atoms with Gasteiger partial charge < -0.3 is 10.6 Å². The van der Waals surface area contributed by atoms with Gasteiger partial charge in [0.05, 0.1) is 28.0 Å². The summed E-state index contributed by atoms with van der Waals surface area (Å²) in [5.41, 5.74) is 7.99. The van der Waals surface area contributed by atoms with Crippen LogP contribution in [0.1, 0.15) is 47.2 Å². The van der Waals surface area contributed by atoms with Gasteiger partial charge in [0, 0.05) is 19.2 Å². The lowest BCUT2D eigenvalue weighted by Crippen LogP contribution is -2.46. The first-order valence-electron chi connectivity index (χ1n) is 10.8. The summed E-state index contributed by atoms with van der Waals surface area (Å²) in [7, 11) is 0. The van der Waals surface area contributed by atoms with E-state index in [2.05, 4.69) is 9.97 Å². The third kappa shape index (κ3) is 3.36. The Hall–Kier alpha value is -3.37. The average molecular weight is 496 g/mol. The molecule has 3 aromatic heterocycles. The van der Waals surface area contributed by atoms with E-state index in [1.165, 1.54) is 4.52 Å². The highest BCUT2D eigenvalue weighted by Crippen LogP contribution is 2.40. The Morgan fingerprint density at radius 3 is 2.59 bits per heavy atom. The Morgan fingerprint density at radius 1 is 1.06 bits per heavy atom. The van der Waals surface area contributed by atoms with Gasteiger partial charge >= 0.3 is 0 Å². The van der Waals surface area contributed by atoms with E-state index in [0.717, 1.165) is 12.8 Å². The average Bonchev–Trinajstić information content (AvgIpc) is 3.14. The minimum absolute atomic E-state index is 0. The van der Waals surface area contributed by atoms with E-state index < -0.39 is 0 Å². The summed E-state index contributed by atoms with van der Waals surface area (Å²) in [6.07, 6.45) is 4.33. The van der Waals surface area contributed by atoms with E-state index in [1.807, 2.05) is 35.2 Å². The molecule has 4 aromatic rings. The summed E-state index contributed by atoms with van der Waals surface area (Å²) >= 11 is 6.30. The van der Waals surface area contributed by atoms with Gasteiger partial charge in [-0.3, -0.25) is 14.2 Å². The maximum atomic E-state index is 13.6. The monoisotopic (exact) mass is 495 g/mol. The fourth-order valence-corrected chi connectivity index (χ4v) is 4.95. The molecule has 4 heterocycles. The molecule has 2 N–H and O–H groups in total. The topological polar surface area (TPSA) is 111 Å². The number of carbonyl (C=O) groups is 1. The molecule has 1 atom stereocenters. The number of rotatable bonds is 3. The van der Waals surface area contributed by atoms with Gasteiger partial charge in [-0.15, -0.1) is 0 Å². The van der Waals surface area contributed by atoms with Crippen molar-refractivity contribution < 1.29 is 4.79 Å². The van der Waals surface area contributed by atoms with Gasteiger partial charge in [0.25, 0.3) is 5.56 Å². The molecular weight excluding hydrogens is 474 g/mol. The third-order valence-electron chi connectivity index (χ3n) is 6.34. The smallest absolute Gasteiger partial charge is 0.284 e. The predicted octanol–water partition coefficient (Wildman–Crippen LogP) is 3.09. The van der Waals surface area contributed by atoms with Crippen molar-refractivity contribution in [1.29, 1.82) is 0 Å². The van der Waals surface area contributed by atoms with E-state index in [0.29, 0.717) is 58.5 Å². The molecule has 1 aliphatic heterocycles. The zero-order valence-corrected chi connectivity index (χ0v) is 19.9. The second-order valence-electron chi connectivity index (χ2n) is 8.29. The number of aryl methyl sites for hydroxylation is 1. The normalized spacial score (nSPS) is 17.3. The molecule has 0 unspecified atom stereocenters. The second-order valence-corrected chi connectivity index (χ2v) is 8.70. The van der Waals surface area contributed by atoms with Gasteiger partial charge in [-0.25, -0.2) is 9.50 Å². The van der Waals surface area contributed by atoms with Crippen LogP contribution in [0, 0.1) is 0 Å². The Kier molecular flexibility index (Phi) is 5.57. The van der Waals surface area contributed by atoms with Crippen LogP contribution in [0.25, 0.3) is 11.2 Å². The standard InChI is InChI=1S/C23H20ClN7O2.H2S/c24-14-9-12-30-19(14)22(33)31(13-5-2-1-3-6-13)20(28-30)16-10-11-29(16)21-18-15(26-23(25)27-21)7-4-8-17(18)32;/h1-3,5-6,9,12,16H,4,7-8,10-11H2,(H2,25,26,27);1H2/t16-;/m0./s1. The van der Waals surface area contributed by atoms with Crippen LogP contribution in [0.5, 0.6) is 0 Å². The number of ketones is 1. The van der Waals surface area contributed by atoms with Gasteiger partial charge in [-0.05, 0) is 37.5 Å². The van der Waals surface area contributed by atoms with E-state index in [4.69, 9.17) is 22.4 Å². The number of nitrogen functional groups attached to an aromatic ring is 1. The summed E-state index contributed by atoms with van der Waals surface area (Å²) in [5.74, 6) is 1.24. The number of nitrogens with zero attached hydrogens (tertiary/aromatic N) is 6. The van der Waals surface area contributed by atoms with Crippen molar-refractivity contribution in [2.45, 2.75) is 31.7 Å². The highest BCUT2D eigenvalue weighted by Gasteiger charge is 2.39. The summed E-state index contributed by atoms with van der Waals surface area (Å²) in [4.78, 5) is 37.1. The highest BCUT2D eigenvalue weighted by atomic mass is 35.5. The van der Waals surface area contributed by atoms with E-state index in [1.54, 1.807) is 16.8 Å². The Labute approximate surface area is 206 Å². The largest absolute Gasteiger partial charge is 0.368 e. The Balaban J connectivity index is 0.00000241. The molecule has 34 heavy (non-hydrogen) atoms. The fourth-order valence-electron chi connectivity index (χ4n) is 4.73. The molecule has 0 radical (unpaired) electrons. The number of hydrogen-bond acceptors (Lipinski definition) is 7. The van der Waals surface area contributed by atoms with Crippen LogP contribution in [0.15, 0.2) is 47.4 Å². The van der Waals surface area contributed by atoms with Crippen LogP contribution >= 0.6 is 25.1 Å². The Bertz CT molecular complexity index is 1480. The molecule has 0 saturated carbocycles. The number of aromatic nitrogens is 5. The molecule has 0 bridgehead atoms. The van der Waals surface area contributed by atoms with Crippen molar-refractivity contribution in [1.82, 2.24) is 24.1 Å². The molecule has 0 spiro atoms. The number of anilines is 2. The lowest BCUT2D eigenvalue weighted by atomic mass is 9.92. The Morgan fingerprint density at radius 2 is 1.85 bits per heavy atom. The fraction of sp³-hybridized carbons (Fsp3) is 0.261. The van der Waals surface area contributed by atoms with Crippen LogP contribution in [0.3, 0.4) is 0 Å². The minimum atomic E-state index is -0.267. The molecule has 1 aromatic carbocycles. The second kappa shape index (κ2) is 8.44. The van der Waals surface area contributed by atoms with E-state index in [-0.39, 0.29) is 36.8 Å². The summed E-state index contributed by atoms with van der Waals surface area (Å²) in [6.45, 7) is 0.663. The molecule has 174 valence electrons. The molecule has 2 aliphatic rings. The van der Waals surface area contributed by atoms with E-state index in [9.17, 15) is 9.59 Å². The highest BCUT2D eigenvalue weighted by molar-refractivity contribution is 7.59. The molecule has 11 heteroatoms. The zero-order valence-electron chi connectivity index (χ0n) is 18.1. The van der Waals surface area contributed by atoms with Crippen LogP contribution in [-0.2, 0) is 6.42 Å². The first kappa shape index (κ1) is 22.4. The maximum Gasteiger partial charge on any atom is 0.284 e. The molecule has 1 fully saturated rings. The van der Waals surface area contributed by atoms with Crippen LogP contribution in [0.2, 0.25) is 5.02 Å². The lowest BCUT2D eigenvalue weighted by Gasteiger charge is -2.43. The van der Waals surface area contributed by atoms with Gasteiger partial charge in [-0.1, -0.05) is 29.8 Å². The number of fused-ring (bicyclic) bond motifs is 2. The van der Waals surface area contributed by atoms with E-state index >= 15 is 0 Å². The molecule has 9 nitrogen and oxygen atoms in total. The minimum Gasteiger partial charge on any atom is -0.368 e. The van der Waals surface area contributed by atoms with Crippen molar-refractivity contribution in [2.24, 2.45) is 0 Å². The molecular formula is C23H22ClN7O2S. The quantitative estimate of drug-likeness (QED) is 0.464. The van der Waals surface area contributed by atoms with Crippen molar-refractivity contribution in [3.63, 3.8) is 0 Å². The number of Topliss-reactive ketones (excluding diaryl/α,β-unsaturated/α-hetero) is 1. The SMILES string of the molecule is Nc1nc2c(c(N3CC[C@H]3c3nn4ccc(Cl)c4c(=O)n3-c3ccccc3)n1)C(=O)CCC2.S. The summed E-state index contributed by atoms with van der Waals surface area (Å²) in [6, 6.07) is 10.7. The third-order valence-corrected chi connectivity index (χ3v) is 6.65. The van der Waals surface area contributed by atoms with Gasteiger partial charge in [0.2, 0.25) is 5.95 Å². The summed E-state index contributed by atoms with van der Waals surface area (Å²) < 4.78 is 3.11. The number of carbonyl (C=O) groups excluding carboxylic acids is 1. The molecule has 0 amide bonds. The molecule has 1 aliphatic carbocycles. The van der Waals surface area contributed by atoms with Crippen molar-refractivity contribution in [3.8, 4) is 5.69 Å².